The summed E-state index contributed by atoms with van der Waals surface area (Å²) in [6.45, 7) is 0. The van der Waals surface area contributed by atoms with Gasteiger partial charge in [0.15, 0.2) is 0 Å². The molecule has 1 saturated carbocycles. The molecule has 8 heteroatoms. The highest BCUT2D eigenvalue weighted by molar-refractivity contribution is 7.92. The maximum absolute atomic E-state index is 12.8. The zero-order valence-corrected chi connectivity index (χ0v) is 16.0. The summed E-state index contributed by atoms with van der Waals surface area (Å²) in [6.07, 6.45) is 2.26. The van der Waals surface area contributed by atoms with Crippen LogP contribution in [0.3, 0.4) is 0 Å². The summed E-state index contributed by atoms with van der Waals surface area (Å²) >= 11 is 0. The Labute approximate surface area is 163 Å². The summed E-state index contributed by atoms with van der Waals surface area (Å²) in [5.74, 6) is -1.49. The van der Waals surface area contributed by atoms with E-state index in [0.717, 1.165) is 12.8 Å². The van der Waals surface area contributed by atoms with Gasteiger partial charge in [-0.2, -0.15) is 0 Å². The second-order valence-corrected chi connectivity index (χ2v) is 8.64. The minimum atomic E-state index is -3.93. The van der Waals surface area contributed by atoms with Gasteiger partial charge in [0, 0.05) is 12.1 Å². The first-order valence-corrected chi connectivity index (χ1v) is 10.5. The number of anilines is 2. The van der Waals surface area contributed by atoms with Gasteiger partial charge in [-0.05, 0) is 37.1 Å². The molecule has 1 aliphatic carbocycles. The molecule has 0 radical (unpaired) electrons. The monoisotopic (exact) mass is 402 g/mol. The van der Waals surface area contributed by atoms with E-state index in [1.807, 2.05) is 0 Å². The molecule has 0 unspecified atom stereocenters. The Hall–Kier alpha value is -2.87. The lowest BCUT2D eigenvalue weighted by molar-refractivity contribution is -0.150. The van der Waals surface area contributed by atoms with Crippen LogP contribution in [0.25, 0.3) is 0 Å². The predicted molar refractivity (Wildman–Crippen MR) is 105 cm³/mol. The Kier molecular flexibility index (Phi) is 5.69. The fourth-order valence-corrected chi connectivity index (χ4v) is 4.76. The molecule has 1 aliphatic rings. The molecular formula is C20H22N2O5S. The number of carbonyl (C=O) groups excluding carboxylic acids is 1. The van der Waals surface area contributed by atoms with Crippen LogP contribution in [0.15, 0.2) is 59.5 Å². The van der Waals surface area contributed by atoms with E-state index in [1.165, 1.54) is 12.1 Å². The van der Waals surface area contributed by atoms with Crippen molar-refractivity contribution in [3.8, 4) is 0 Å². The first-order valence-electron chi connectivity index (χ1n) is 9.03. The van der Waals surface area contributed by atoms with Crippen molar-refractivity contribution in [3.05, 3.63) is 54.6 Å². The molecule has 7 nitrogen and oxygen atoms in total. The first-order chi connectivity index (χ1) is 13.3. The number of amides is 1. The molecule has 0 atom stereocenters. The van der Waals surface area contributed by atoms with Crippen LogP contribution in [0.5, 0.6) is 0 Å². The van der Waals surface area contributed by atoms with E-state index < -0.39 is 27.3 Å². The SMILES string of the molecule is O=C(CC1(C(=O)O)CCCC1)Nc1ccccc1S(=O)(=O)Nc1ccccc1. The van der Waals surface area contributed by atoms with Crippen molar-refractivity contribution in [2.75, 3.05) is 10.0 Å². The van der Waals surface area contributed by atoms with Crippen LogP contribution in [-0.4, -0.2) is 25.4 Å². The van der Waals surface area contributed by atoms with Gasteiger partial charge in [0.1, 0.15) is 4.90 Å². The summed E-state index contributed by atoms with van der Waals surface area (Å²) < 4.78 is 28.0. The Morgan fingerprint density at radius 1 is 0.964 bits per heavy atom. The number of carbonyl (C=O) groups is 2. The molecule has 1 amide bonds. The van der Waals surface area contributed by atoms with Crippen LogP contribution in [-0.2, 0) is 19.6 Å². The molecule has 0 heterocycles. The second kappa shape index (κ2) is 8.02. The van der Waals surface area contributed by atoms with Crippen LogP contribution in [0.1, 0.15) is 32.1 Å². The molecule has 28 heavy (non-hydrogen) atoms. The number of rotatable bonds is 7. The Morgan fingerprint density at radius 3 is 2.21 bits per heavy atom. The number of sulfonamides is 1. The molecule has 1 fully saturated rings. The van der Waals surface area contributed by atoms with E-state index in [9.17, 15) is 23.1 Å². The minimum absolute atomic E-state index is 0.0806. The maximum atomic E-state index is 12.8. The summed E-state index contributed by atoms with van der Waals surface area (Å²) in [6, 6.07) is 14.5. The highest BCUT2D eigenvalue weighted by Crippen LogP contribution is 2.41. The van der Waals surface area contributed by atoms with Gasteiger partial charge >= 0.3 is 5.97 Å². The number of para-hydroxylation sites is 2. The smallest absolute Gasteiger partial charge is 0.310 e. The zero-order chi connectivity index (χ0) is 20.2. The average Bonchev–Trinajstić information content (AvgIpc) is 3.12. The largest absolute Gasteiger partial charge is 0.481 e. The van der Waals surface area contributed by atoms with Gasteiger partial charge in [0.05, 0.1) is 11.1 Å². The quantitative estimate of drug-likeness (QED) is 0.656. The first kappa shape index (κ1) is 19.9. The van der Waals surface area contributed by atoms with E-state index in [-0.39, 0.29) is 17.0 Å². The second-order valence-electron chi connectivity index (χ2n) is 6.99. The lowest BCUT2D eigenvalue weighted by Crippen LogP contribution is -2.33. The summed E-state index contributed by atoms with van der Waals surface area (Å²) in [7, 11) is -3.93. The number of aliphatic carboxylic acids is 1. The molecule has 0 saturated heterocycles. The molecule has 0 spiro atoms. The van der Waals surface area contributed by atoms with E-state index in [1.54, 1.807) is 42.5 Å². The summed E-state index contributed by atoms with van der Waals surface area (Å²) in [5, 5.41) is 12.1. The molecule has 2 aromatic carbocycles. The molecular weight excluding hydrogens is 380 g/mol. The predicted octanol–water partition coefficient (Wildman–Crippen LogP) is 3.46. The minimum Gasteiger partial charge on any atom is -0.481 e. The van der Waals surface area contributed by atoms with Gasteiger partial charge in [-0.15, -0.1) is 0 Å². The molecule has 148 valence electrons. The number of carboxylic acids is 1. The van der Waals surface area contributed by atoms with Crippen molar-refractivity contribution in [2.24, 2.45) is 5.41 Å². The van der Waals surface area contributed by atoms with E-state index >= 15 is 0 Å². The Balaban J connectivity index is 1.80. The third-order valence-electron chi connectivity index (χ3n) is 4.99. The van der Waals surface area contributed by atoms with E-state index in [2.05, 4.69) is 10.0 Å². The number of benzene rings is 2. The van der Waals surface area contributed by atoms with Crippen LogP contribution in [0.2, 0.25) is 0 Å². The van der Waals surface area contributed by atoms with Gasteiger partial charge in [0.2, 0.25) is 5.91 Å². The average molecular weight is 402 g/mol. The van der Waals surface area contributed by atoms with Gasteiger partial charge in [-0.3, -0.25) is 14.3 Å². The molecule has 0 aromatic heterocycles. The van der Waals surface area contributed by atoms with Gasteiger partial charge < -0.3 is 10.4 Å². The van der Waals surface area contributed by atoms with Crippen LogP contribution < -0.4 is 10.0 Å². The van der Waals surface area contributed by atoms with Crippen LogP contribution >= 0.6 is 0 Å². The fraction of sp³-hybridized carbons (Fsp3) is 0.300. The van der Waals surface area contributed by atoms with Crippen molar-refractivity contribution < 1.29 is 23.1 Å². The zero-order valence-electron chi connectivity index (χ0n) is 15.2. The summed E-state index contributed by atoms with van der Waals surface area (Å²) in [5.41, 5.74) is -0.547. The third kappa shape index (κ3) is 4.33. The lowest BCUT2D eigenvalue weighted by Gasteiger charge is -2.23. The molecule has 0 bridgehead atoms. The number of hydrogen-bond acceptors (Lipinski definition) is 4. The fourth-order valence-electron chi connectivity index (χ4n) is 3.54. The van der Waals surface area contributed by atoms with Crippen LogP contribution in [0, 0.1) is 5.41 Å². The highest BCUT2D eigenvalue weighted by Gasteiger charge is 2.43. The molecule has 3 N–H and O–H groups in total. The van der Waals surface area contributed by atoms with Crippen molar-refractivity contribution in [1.29, 1.82) is 0 Å². The number of carboxylic acid groups (broad SMARTS) is 1. The third-order valence-corrected chi connectivity index (χ3v) is 6.43. The molecule has 2 aromatic rings. The topological polar surface area (TPSA) is 113 Å². The Bertz CT molecular complexity index is 967. The van der Waals surface area contributed by atoms with Crippen molar-refractivity contribution in [1.82, 2.24) is 0 Å². The number of hydrogen-bond donors (Lipinski definition) is 3. The van der Waals surface area contributed by atoms with E-state index in [0.29, 0.717) is 18.5 Å². The van der Waals surface area contributed by atoms with Crippen molar-refractivity contribution in [3.63, 3.8) is 0 Å². The normalized spacial score (nSPS) is 15.7. The van der Waals surface area contributed by atoms with Crippen molar-refractivity contribution >= 4 is 33.3 Å². The summed E-state index contributed by atoms with van der Waals surface area (Å²) in [4.78, 5) is 24.1. The molecule has 0 aliphatic heterocycles. The number of nitrogens with one attached hydrogen (secondary N) is 2. The van der Waals surface area contributed by atoms with Gasteiger partial charge in [0.25, 0.3) is 10.0 Å². The van der Waals surface area contributed by atoms with Crippen LogP contribution in [0.4, 0.5) is 11.4 Å². The standard InChI is InChI=1S/C20H22N2O5S/c23-18(14-20(19(24)25)12-6-7-13-20)21-16-10-4-5-11-17(16)28(26,27)22-15-8-2-1-3-9-15/h1-5,8-11,22H,6-7,12-14H2,(H,21,23)(H,24,25). The van der Waals surface area contributed by atoms with Crippen molar-refractivity contribution in [2.45, 2.75) is 37.0 Å². The molecule has 3 rings (SSSR count). The van der Waals surface area contributed by atoms with Gasteiger partial charge in [-0.1, -0.05) is 43.2 Å². The maximum Gasteiger partial charge on any atom is 0.310 e. The van der Waals surface area contributed by atoms with Gasteiger partial charge in [-0.25, -0.2) is 8.42 Å². The lowest BCUT2D eigenvalue weighted by atomic mass is 9.82. The Morgan fingerprint density at radius 2 is 1.57 bits per heavy atom. The highest BCUT2D eigenvalue weighted by atomic mass is 32.2. The van der Waals surface area contributed by atoms with E-state index in [4.69, 9.17) is 0 Å².